The highest BCUT2D eigenvalue weighted by atomic mass is 35.5. The van der Waals surface area contributed by atoms with Gasteiger partial charge in [-0.1, -0.05) is 17.7 Å². The van der Waals surface area contributed by atoms with Gasteiger partial charge < -0.3 is 14.4 Å². The Balaban J connectivity index is 1.60. The number of ether oxygens (including phenoxy) is 2. The maximum absolute atomic E-state index is 12.8. The van der Waals surface area contributed by atoms with Crippen LogP contribution < -0.4 is 9.47 Å². The molecule has 1 fully saturated rings. The molecule has 0 aliphatic carbocycles. The first-order chi connectivity index (χ1) is 11.7. The van der Waals surface area contributed by atoms with Crippen LogP contribution in [-0.2, 0) is 0 Å². The minimum Gasteiger partial charge on any atom is -0.486 e. The van der Waals surface area contributed by atoms with Gasteiger partial charge in [-0.3, -0.25) is 4.79 Å². The van der Waals surface area contributed by atoms with Crippen molar-refractivity contribution in [3.05, 3.63) is 58.6 Å². The van der Waals surface area contributed by atoms with Crippen LogP contribution in [0.5, 0.6) is 11.5 Å². The Bertz CT molecular complexity index is 765. The number of carbonyl (C=O) groups is 1. The van der Waals surface area contributed by atoms with Crippen LogP contribution >= 0.6 is 23.4 Å². The molecule has 0 N–H and O–H groups in total. The van der Waals surface area contributed by atoms with Crippen molar-refractivity contribution in [1.29, 1.82) is 0 Å². The van der Waals surface area contributed by atoms with Crippen molar-refractivity contribution in [2.45, 2.75) is 5.37 Å². The van der Waals surface area contributed by atoms with E-state index >= 15 is 0 Å². The number of amides is 1. The number of nitrogens with zero attached hydrogens (tertiary/aromatic N) is 1. The molecule has 1 saturated heterocycles. The van der Waals surface area contributed by atoms with E-state index in [-0.39, 0.29) is 11.3 Å². The van der Waals surface area contributed by atoms with E-state index in [4.69, 9.17) is 21.1 Å². The Morgan fingerprint density at radius 1 is 1.08 bits per heavy atom. The molecule has 0 spiro atoms. The number of carbonyl (C=O) groups excluding carboxylic acids is 1. The summed E-state index contributed by atoms with van der Waals surface area (Å²) < 4.78 is 11.2. The molecule has 4 rings (SSSR count). The fraction of sp³-hybridized carbons (Fsp3) is 0.278. The SMILES string of the molecule is O=C(c1ccc(Cl)cc1)N1CCS[C@@H]1c1ccc2c(c1)OCCO2. The normalized spacial score (nSPS) is 19.4. The molecule has 6 heteroatoms. The van der Waals surface area contributed by atoms with E-state index in [1.54, 1.807) is 36.0 Å². The van der Waals surface area contributed by atoms with Gasteiger partial charge in [0.25, 0.3) is 5.91 Å². The van der Waals surface area contributed by atoms with Gasteiger partial charge in [-0.15, -0.1) is 11.8 Å². The average Bonchev–Trinajstić information content (AvgIpc) is 3.11. The maximum atomic E-state index is 12.8. The first kappa shape index (κ1) is 15.7. The third kappa shape index (κ3) is 2.94. The zero-order chi connectivity index (χ0) is 16.5. The van der Waals surface area contributed by atoms with Crippen LogP contribution in [0.25, 0.3) is 0 Å². The largest absolute Gasteiger partial charge is 0.486 e. The van der Waals surface area contributed by atoms with Gasteiger partial charge in [0.05, 0.1) is 0 Å². The molecule has 1 atom stereocenters. The van der Waals surface area contributed by atoms with Crippen molar-refractivity contribution in [1.82, 2.24) is 4.90 Å². The number of halogens is 1. The zero-order valence-corrected chi connectivity index (χ0v) is 14.5. The quantitative estimate of drug-likeness (QED) is 0.810. The van der Waals surface area contributed by atoms with E-state index in [1.165, 1.54) is 0 Å². The van der Waals surface area contributed by atoms with Gasteiger partial charge in [0.15, 0.2) is 11.5 Å². The molecule has 2 aliphatic rings. The smallest absolute Gasteiger partial charge is 0.255 e. The second kappa shape index (κ2) is 6.57. The summed E-state index contributed by atoms with van der Waals surface area (Å²) in [6.45, 7) is 1.86. The minimum absolute atomic E-state index is 0.0102. The second-order valence-electron chi connectivity index (χ2n) is 5.63. The van der Waals surface area contributed by atoms with Gasteiger partial charge in [0.2, 0.25) is 0 Å². The van der Waals surface area contributed by atoms with Crippen molar-refractivity contribution in [2.24, 2.45) is 0 Å². The molecule has 0 bridgehead atoms. The Labute approximate surface area is 149 Å². The van der Waals surface area contributed by atoms with E-state index < -0.39 is 0 Å². The lowest BCUT2D eigenvalue weighted by Gasteiger charge is -2.26. The summed E-state index contributed by atoms with van der Waals surface area (Å²) in [5.41, 5.74) is 1.72. The van der Waals surface area contributed by atoms with Gasteiger partial charge in [0, 0.05) is 22.9 Å². The summed E-state index contributed by atoms with van der Waals surface area (Å²) in [6.07, 6.45) is 0. The molecule has 0 aromatic heterocycles. The van der Waals surface area contributed by atoms with Crippen LogP contribution in [0.2, 0.25) is 5.02 Å². The van der Waals surface area contributed by atoms with E-state index in [1.807, 2.05) is 23.1 Å². The molecule has 124 valence electrons. The topological polar surface area (TPSA) is 38.8 Å². The Kier molecular flexibility index (Phi) is 4.29. The molecular formula is C18H16ClNO3S. The van der Waals surface area contributed by atoms with E-state index in [2.05, 4.69) is 0 Å². The molecule has 2 aromatic rings. The number of thioether (sulfide) groups is 1. The molecular weight excluding hydrogens is 346 g/mol. The first-order valence-corrected chi connectivity index (χ1v) is 9.23. The summed E-state index contributed by atoms with van der Waals surface area (Å²) in [5.74, 6) is 2.46. The van der Waals surface area contributed by atoms with Crippen molar-refractivity contribution in [3.8, 4) is 11.5 Å². The van der Waals surface area contributed by atoms with E-state index in [0.29, 0.717) is 23.8 Å². The molecule has 4 nitrogen and oxygen atoms in total. The molecule has 0 unspecified atom stereocenters. The third-order valence-electron chi connectivity index (χ3n) is 4.09. The van der Waals surface area contributed by atoms with E-state index in [9.17, 15) is 4.79 Å². The third-order valence-corrected chi connectivity index (χ3v) is 5.61. The Morgan fingerprint density at radius 3 is 2.62 bits per heavy atom. The minimum atomic E-state index is -0.0102. The lowest BCUT2D eigenvalue weighted by molar-refractivity contribution is 0.0760. The Morgan fingerprint density at radius 2 is 1.83 bits per heavy atom. The van der Waals surface area contributed by atoms with Gasteiger partial charge in [-0.2, -0.15) is 0 Å². The summed E-state index contributed by atoms with van der Waals surface area (Å²) in [5, 5.41) is 0.620. The van der Waals surface area contributed by atoms with Crippen LogP contribution in [-0.4, -0.2) is 36.3 Å². The standard InChI is InChI=1S/C18H16ClNO3S/c19-14-4-1-12(2-5-14)17(21)20-7-10-24-18(20)13-3-6-15-16(11-13)23-9-8-22-15/h1-6,11,18H,7-10H2/t18-/m1/s1. The predicted molar refractivity (Wildman–Crippen MR) is 95.1 cm³/mol. The summed E-state index contributed by atoms with van der Waals surface area (Å²) in [4.78, 5) is 14.7. The highest BCUT2D eigenvalue weighted by Crippen LogP contribution is 2.42. The van der Waals surface area contributed by atoms with Crippen LogP contribution in [0.1, 0.15) is 21.3 Å². The number of rotatable bonds is 2. The van der Waals surface area contributed by atoms with Gasteiger partial charge in [0.1, 0.15) is 18.6 Å². The molecule has 2 aromatic carbocycles. The molecule has 24 heavy (non-hydrogen) atoms. The summed E-state index contributed by atoms with van der Waals surface area (Å²) in [6, 6.07) is 13.0. The van der Waals surface area contributed by atoms with Crippen molar-refractivity contribution >= 4 is 29.3 Å². The van der Waals surface area contributed by atoms with Crippen LogP contribution in [0.3, 0.4) is 0 Å². The molecule has 2 heterocycles. The van der Waals surface area contributed by atoms with Crippen LogP contribution in [0.15, 0.2) is 42.5 Å². The zero-order valence-electron chi connectivity index (χ0n) is 12.9. The Hall–Kier alpha value is -1.85. The molecule has 0 saturated carbocycles. The fourth-order valence-corrected chi connectivity index (χ4v) is 4.30. The lowest BCUT2D eigenvalue weighted by atomic mass is 10.1. The molecule has 1 amide bonds. The predicted octanol–water partition coefficient (Wildman–Crippen LogP) is 4.00. The highest BCUT2D eigenvalue weighted by molar-refractivity contribution is 7.99. The fourth-order valence-electron chi connectivity index (χ4n) is 2.93. The van der Waals surface area contributed by atoms with Crippen molar-refractivity contribution < 1.29 is 14.3 Å². The second-order valence-corrected chi connectivity index (χ2v) is 7.26. The lowest BCUT2D eigenvalue weighted by Crippen LogP contribution is -2.30. The van der Waals surface area contributed by atoms with Gasteiger partial charge in [-0.05, 0) is 42.0 Å². The van der Waals surface area contributed by atoms with Crippen LogP contribution in [0, 0.1) is 0 Å². The molecule has 0 radical (unpaired) electrons. The van der Waals surface area contributed by atoms with Gasteiger partial charge >= 0.3 is 0 Å². The maximum Gasteiger partial charge on any atom is 0.255 e. The molecule has 2 aliphatic heterocycles. The monoisotopic (exact) mass is 361 g/mol. The number of hydrogen-bond donors (Lipinski definition) is 0. The highest BCUT2D eigenvalue weighted by Gasteiger charge is 2.32. The number of benzene rings is 2. The summed E-state index contributed by atoms with van der Waals surface area (Å²) in [7, 11) is 0. The van der Waals surface area contributed by atoms with E-state index in [0.717, 1.165) is 29.4 Å². The first-order valence-electron chi connectivity index (χ1n) is 7.80. The average molecular weight is 362 g/mol. The number of hydrogen-bond acceptors (Lipinski definition) is 4. The summed E-state index contributed by atoms with van der Waals surface area (Å²) >= 11 is 7.68. The van der Waals surface area contributed by atoms with Gasteiger partial charge in [-0.25, -0.2) is 0 Å². The van der Waals surface area contributed by atoms with Crippen LogP contribution in [0.4, 0.5) is 0 Å². The number of fused-ring (bicyclic) bond motifs is 1. The van der Waals surface area contributed by atoms with Crippen molar-refractivity contribution in [3.63, 3.8) is 0 Å². The van der Waals surface area contributed by atoms with Crippen molar-refractivity contribution in [2.75, 3.05) is 25.5 Å².